The van der Waals surface area contributed by atoms with E-state index in [1.54, 1.807) is 35.1 Å². The van der Waals surface area contributed by atoms with Crippen LogP contribution in [0.25, 0.3) is 27.7 Å². The predicted molar refractivity (Wildman–Crippen MR) is 145 cm³/mol. The molecule has 0 spiro atoms. The standard InChI is InChI=1S/C28H26N8O2/c1-2-26(37)32-20-7-5-19(6-8-20)28(38)35-14-12-34(13-15-35)18-21-16-23-22(9-11-29-27(23)33-21)24-17-31-36-25(24)4-3-10-30-36/h2-11,16-17H,1,12-15,18H2,(H,29,33)(H,32,37). The van der Waals surface area contributed by atoms with Crippen LogP contribution in [0.2, 0.25) is 0 Å². The molecule has 1 fully saturated rings. The van der Waals surface area contributed by atoms with E-state index in [1.165, 1.54) is 6.08 Å². The van der Waals surface area contributed by atoms with Crippen molar-refractivity contribution >= 4 is 34.1 Å². The second-order valence-corrected chi connectivity index (χ2v) is 9.21. The molecule has 0 unspecified atom stereocenters. The monoisotopic (exact) mass is 506 g/mol. The van der Waals surface area contributed by atoms with E-state index in [2.05, 4.69) is 43.0 Å². The second kappa shape index (κ2) is 9.91. The van der Waals surface area contributed by atoms with Crippen molar-refractivity contribution in [1.29, 1.82) is 0 Å². The van der Waals surface area contributed by atoms with E-state index in [0.29, 0.717) is 24.3 Å². The average molecular weight is 507 g/mol. The van der Waals surface area contributed by atoms with E-state index in [4.69, 9.17) is 0 Å². The summed E-state index contributed by atoms with van der Waals surface area (Å²) in [6.45, 7) is 7.02. The molecule has 2 N–H and O–H groups in total. The van der Waals surface area contributed by atoms with Gasteiger partial charge in [0.1, 0.15) is 5.65 Å². The van der Waals surface area contributed by atoms with Crippen LogP contribution in [0.5, 0.6) is 0 Å². The van der Waals surface area contributed by atoms with Crippen LogP contribution >= 0.6 is 0 Å². The number of aromatic amines is 1. The maximum atomic E-state index is 13.0. The summed E-state index contributed by atoms with van der Waals surface area (Å²) in [5, 5.41) is 12.4. The number of nitrogens with one attached hydrogen (secondary N) is 2. The van der Waals surface area contributed by atoms with Crippen molar-refractivity contribution in [2.45, 2.75) is 6.54 Å². The number of H-pyrrole nitrogens is 1. The maximum absolute atomic E-state index is 13.0. The van der Waals surface area contributed by atoms with Crippen LogP contribution < -0.4 is 5.32 Å². The van der Waals surface area contributed by atoms with Gasteiger partial charge in [0.15, 0.2) is 0 Å². The van der Waals surface area contributed by atoms with Crippen molar-refractivity contribution in [1.82, 2.24) is 34.6 Å². The lowest BCUT2D eigenvalue weighted by atomic mass is 10.1. The zero-order valence-corrected chi connectivity index (χ0v) is 20.7. The Kier molecular flexibility index (Phi) is 6.14. The number of amides is 2. The molecule has 5 heterocycles. The molecular formula is C28H26N8O2. The molecule has 0 saturated carbocycles. The quantitative estimate of drug-likeness (QED) is 0.342. The van der Waals surface area contributed by atoms with Crippen molar-refractivity contribution in [2.24, 2.45) is 0 Å². The number of anilines is 1. The van der Waals surface area contributed by atoms with E-state index in [1.807, 2.05) is 35.5 Å². The fourth-order valence-corrected chi connectivity index (χ4v) is 4.86. The van der Waals surface area contributed by atoms with Gasteiger partial charge in [0, 0.05) is 73.0 Å². The van der Waals surface area contributed by atoms with E-state index >= 15 is 0 Å². The minimum atomic E-state index is -0.282. The molecular weight excluding hydrogens is 480 g/mol. The van der Waals surface area contributed by atoms with Gasteiger partial charge in [-0.15, -0.1) is 0 Å². The molecule has 38 heavy (non-hydrogen) atoms. The molecule has 1 aliphatic heterocycles. The van der Waals surface area contributed by atoms with Crippen LogP contribution in [0.3, 0.4) is 0 Å². The average Bonchev–Trinajstić information content (AvgIpc) is 3.57. The summed E-state index contributed by atoms with van der Waals surface area (Å²) in [6.07, 6.45) is 6.58. The Bertz CT molecular complexity index is 1640. The number of aromatic nitrogens is 5. The fourth-order valence-electron chi connectivity index (χ4n) is 4.86. The second-order valence-electron chi connectivity index (χ2n) is 9.21. The molecule has 4 aromatic heterocycles. The SMILES string of the molecule is C=CC(=O)Nc1ccc(C(=O)N2CCN(Cc3cc4c(-c5cnn6ncccc56)ccnc4[nH]3)CC2)cc1. The van der Waals surface area contributed by atoms with Crippen molar-refractivity contribution in [3.63, 3.8) is 0 Å². The highest BCUT2D eigenvalue weighted by atomic mass is 16.2. The van der Waals surface area contributed by atoms with Crippen LogP contribution in [-0.2, 0) is 11.3 Å². The number of piperazine rings is 1. The fraction of sp³-hybridized carbons (Fsp3) is 0.179. The largest absolute Gasteiger partial charge is 0.342 e. The van der Waals surface area contributed by atoms with Crippen LogP contribution in [0.4, 0.5) is 5.69 Å². The smallest absolute Gasteiger partial charge is 0.253 e. The summed E-state index contributed by atoms with van der Waals surface area (Å²) in [5.41, 5.74) is 6.16. The predicted octanol–water partition coefficient (Wildman–Crippen LogP) is 3.36. The third kappa shape index (κ3) is 4.53. The van der Waals surface area contributed by atoms with Gasteiger partial charge in [0.2, 0.25) is 5.91 Å². The number of benzene rings is 1. The highest BCUT2D eigenvalue weighted by Crippen LogP contribution is 2.31. The number of nitrogens with zero attached hydrogens (tertiary/aromatic N) is 6. The van der Waals surface area contributed by atoms with E-state index < -0.39 is 0 Å². The minimum absolute atomic E-state index is 0.00593. The first kappa shape index (κ1) is 23.6. The summed E-state index contributed by atoms with van der Waals surface area (Å²) >= 11 is 0. The Labute approximate surface area is 218 Å². The molecule has 10 nitrogen and oxygen atoms in total. The Morgan fingerprint density at radius 3 is 2.61 bits per heavy atom. The molecule has 1 saturated heterocycles. The lowest BCUT2D eigenvalue weighted by Gasteiger charge is -2.34. The molecule has 0 atom stereocenters. The first-order valence-electron chi connectivity index (χ1n) is 12.4. The normalized spacial score (nSPS) is 14.2. The molecule has 190 valence electrons. The lowest BCUT2D eigenvalue weighted by Crippen LogP contribution is -2.48. The van der Waals surface area contributed by atoms with Gasteiger partial charge in [-0.2, -0.15) is 14.8 Å². The summed E-state index contributed by atoms with van der Waals surface area (Å²) in [6, 6.07) is 15.0. The van der Waals surface area contributed by atoms with Gasteiger partial charge in [0.25, 0.3) is 5.91 Å². The van der Waals surface area contributed by atoms with Crippen LogP contribution in [-0.4, -0.2) is 72.6 Å². The molecule has 0 aliphatic carbocycles. The molecule has 6 rings (SSSR count). The number of rotatable bonds is 6. The molecule has 1 aromatic carbocycles. The van der Waals surface area contributed by atoms with Gasteiger partial charge < -0.3 is 15.2 Å². The number of hydrogen-bond donors (Lipinski definition) is 2. The van der Waals surface area contributed by atoms with E-state index in [-0.39, 0.29) is 11.8 Å². The number of hydrogen-bond acceptors (Lipinski definition) is 6. The van der Waals surface area contributed by atoms with Crippen molar-refractivity contribution < 1.29 is 9.59 Å². The maximum Gasteiger partial charge on any atom is 0.253 e. The highest BCUT2D eigenvalue weighted by molar-refractivity contribution is 6.00. The first-order chi connectivity index (χ1) is 18.6. The summed E-state index contributed by atoms with van der Waals surface area (Å²) < 4.78 is 1.63. The molecule has 1 aliphatic rings. The van der Waals surface area contributed by atoms with Crippen molar-refractivity contribution in [3.05, 3.63) is 91.0 Å². The number of carbonyl (C=O) groups excluding carboxylic acids is 2. The van der Waals surface area contributed by atoms with Crippen LogP contribution in [0.15, 0.2) is 79.8 Å². The van der Waals surface area contributed by atoms with Gasteiger partial charge in [-0.25, -0.2) is 4.98 Å². The topological polar surface area (TPSA) is 112 Å². The zero-order chi connectivity index (χ0) is 26.1. The number of fused-ring (bicyclic) bond motifs is 2. The van der Waals surface area contributed by atoms with Gasteiger partial charge in [-0.1, -0.05) is 6.58 Å². The van der Waals surface area contributed by atoms with Crippen molar-refractivity contribution in [3.8, 4) is 11.1 Å². The Hall–Kier alpha value is -4.83. The number of carbonyl (C=O) groups is 2. The molecule has 0 radical (unpaired) electrons. The summed E-state index contributed by atoms with van der Waals surface area (Å²) in [7, 11) is 0. The third-order valence-corrected chi connectivity index (χ3v) is 6.82. The van der Waals surface area contributed by atoms with Crippen LogP contribution in [0, 0.1) is 0 Å². The molecule has 0 bridgehead atoms. The van der Waals surface area contributed by atoms with Crippen LogP contribution in [0.1, 0.15) is 16.1 Å². The summed E-state index contributed by atoms with van der Waals surface area (Å²) in [4.78, 5) is 36.7. The minimum Gasteiger partial charge on any atom is -0.342 e. The van der Waals surface area contributed by atoms with E-state index in [0.717, 1.165) is 53.0 Å². The molecule has 10 heteroatoms. The molecule has 2 amide bonds. The summed E-state index contributed by atoms with van der Waals surface area (Å²) in [5.74, 6) is -0.288. The molecule has 5 aromatic rings. The van der Waals surface area contributed by atoms with Gasteiger partial charge in [0.05, 0.1) is 11.7 Å². The van der Waals surface area contributed by atoms with Gasteiger partial charge in [-0.3, -0.25) is 14.5 Å². The lowest BCUT2D eigenvalue weighted by molar-refractivity contribution is -0.111. The van der Waals surface area contributed by atoms with Gasteiger partial charge in [-0.05, 0) is 60.2 Å². The first-order valence-corrected chi connectivity index (χ1v) is 12.4. The highest BCUT2D eigenvalue weighted by Gasteiger charge is 2.23. The van der Waals surface area contributed by atoms with Gasteiger partial charge >= 0.3 is 0 Å². The Morgan fingerprint density at radius 1 is 1.00 bits per heavy atom. The zero-order valence-electron chi connectivity index (χ0n) is 20.7. The number of pyridine rings is 1. The Balaban J connectivity index is 1.12. The van der Waals surface area contributed by atoms with E-state index in [9.17, 15) is 9.59 Å². The van der Waals surface area contributed by atoms with Crippen molar-refractivity contribution in [2.75, 3.05) is 31.5 Å². The Morgan fingerprint density at radius 2 is 1.82 bits per heavy atom. The third-order valence-electron chi connectivity index (χ3n) is 6.82.